The molecule has 0 aliphatic heterocycles. The lowest BCUT2D eigenvalue weighted by molar-refractivity contribution is 0.0519. The van der Waals surface area contributed by atoms with Gasteiger partial charge in [0.05, 0.1) is 16.6 Å². The molecule has 0 amide bonds. The second-order valence-electron chi connectivity index (χ2n) is 4.73. The zero-order chi connectivity index (χ0) is 15.6. The molecule has 0 radical (unpaired) electrons. The lowest BCUT2D eigenvalue weighted by atomic mass is 10.0. The van der Waals surface area contributed by atoms with Crippen LogP contribution in [0.5, 0.6) is 0 Å². The SMILES string of the molecule is CCOC(=O)c1[nH]c(C)c(C(=O)c2cccc(C)c2)c1Br. The standard InChI is InChI=1S/C16H16BrNO3/c1-4-21-16(20)14-13(17)12(10(3)18-14)15(19)11-7-5-6-9(2)8-11/h5-8,18H,4H2,1-3H3. The Morgan fingerprint density at radius 2 is 2.00 bits per heavy atom. The van der Waals surface area contributed by atoms with Crippen LogP contribution in [0.1, 0.15) is 44.6 Å². The number of ketones is 1. The number of H-pyrrole nitrogens is 1. The first kappa shape index (κ1) is 15.5. The maximum Gasteiger partial charge on any atom is 0.355 e. The zero-order valence-corrected chi connectivity index (χ0v) is 13.7. The minimum absolute atomic E-state index is 0.130. The molecule has 0 atom stereocenters. The van der Waals surface area contributed by atoms with Crippen molar-refractivity contribution < 1.29 is 14.3 Å². The van der Waals surface area contributed by atoms with Crippen molar-refractivity contribution in [1.82, 2.24) is 4.98 Å². The quantitative estimate of drug-likeness (QED) is 0.674. The summed E-state index contributed by atoms with van der Waals surface area (Å²) in [5, 5.41) is 0. The molecule has 4 nitrogen and oxygen atoms in total. The van der Waals surface area contributed by atoms with Crippen LogP contribution in [0, 0.1) is 13.8 Å². The predicted octanol–water partition coefficient (Wildman–Crippen LogP) is 3.80. The molecule has 1 aromatic heterocycles. The van der Waals surface area contributed by atoms with Gasteiger partial charge in [-0.1, -0.05) is 23.8 Å². The van der Waals surface area contributed by atoms with Crippen LogP contribution in [0.25, 0.3) is 0 Å². The first-order chi connectivity index (χ1) is 9.95. The number of hydrogen-bond donors (Lipinski definition) is 1. The van der Waals surface area contributed by atoms with E-state index in [0.29, 0.717) is 21.3 Å². The number of aromatic amines is 1. The molecular formula is C16H16BrNO3. The molecular weight excluding hydrogens is 334 g/mol. The third kappa shape index (κ3) is 3.08. The Hall–Kier alpha value is -1.88. The minimum atomic E-state index is -0.476. The van der Waals surface area contributed by atoms with Crippen molar-refractivity contribution in [1.29, 1.82) is 0 Å². The molecule has 0 fully saturated rings. The number of ether oxygens (including phenoxy) is 1. The summed E-state index contributed by atoms with van der Waals surface area (Å²) in [6, 6.07) is 7.36. The Balaban J connectivity index is 2.45. The van der Waals surface area contributed by atoms with Gasteiger partial charge in [-0.2, -0.15) is 0 Å². The fourth-order valence-electron chi connectivity index (χ4n) is 2.14. The molecule has 0 saturated carbocycles. The normalized spacial score (nSPS) is 10.5. The van der Waals surface area contributed by atoms with Crippen LogP contribution in [0.2, 0.25) is 0 Å². The van der Waals surface area contributed by atoms with Crippen molar-refractivity contribution >= 4 is 27.7 Å². The topological polar surface area (TPSA) is 59.2 Å². The van der Waals surface area contributed by atoms with Gasteiger partial charge >= 0.3 is 5.97 Å². The number of aromatic nitrogens is 1. The molecule has 0 unspecified atom stereocenters. The molecule has 0 saturated heterocycles. The molecule has 21 heavy (non-hydrogen) atoms. The molecule has 1 N–H and O–H groups in total. The van der Waals surface area contributed by atoms with Crippen LogP contribution in [0.15, 0.2) is 28.7 Å². The summed E-state index contributed by atoms with van der Waals surface area (Å²) < 4.78 is 5.42. The van der Waals surface area contributed by atoms with E-state index >= 15 is 0 Å². The smallest absolute Gasteiger partial charge is 0.355 e. The van der Waals surface area contributed by atoms with Gasteiger partial charge in [0.15, 0.2) is 5.78 Å². The lowest BCUT2D eigenvalue weighted by Crippen LogP contribution is -2.06. The largest absolute Gasteiger partial charge is 0.461 e. The van der Waals surface area contributed by atoms with Gasteiger partial charge in [-0.25, -0.2) is 4.79 Å². The van der Waals surface area contributed by atoms with Crippen LogP contribution in [-0.2, 0) is 4.74 Å². The molecule has 2 rings (SSSR count). The molecule has 0 bridgehead atoms. The fourth-order valence-corrected chi connectivity index (χ4v) is 2.88. The second-order valence-corrected chi connectivity index (χ2v) is 5.53. The predicted molar refractivity (Wildman–Crippen MR) is 83.8 cm³/mol. The number of halogens is 1. The molecule has 0 aliphatic carbocycles. The number of benzene rings is 1. The highest BCUT2D eigenvalue weighted by Crippen LogP contribution is 2.28. The van der Waals surface area contributed by atoms with E-state index in [0.717, 1.165) is 5.56 Å². The highest BCUT2D eigenvalue weighted by atomic mass is 79.9. The molecule has 110 valence electrons. The third-order valence-electron chi connectivity index (χ3n) is 3.11. The van der Waals surface area contributed by atoms with Crippen LogP contribution in [0.4, 0.5) is 0 Å². The average molecular weight is 350 g/mol. The van der Waals surface area contributed by atoms with E-state index in [-0.39, 0.29) is 18.1 Å². The number of hydrogen-bond acceptors (Lipinski definition) is 3. The van der Waals surface area contributed by atoms with Crippen molar-refractivity contribution in [3.05, 3.63) is 56.8 Å². The van der Waals surface area contributed by atoms with Crippen LogP contribution in [0.3, 0.4) is 0 Å². The van der Waals surface area contributed by atoms with Gasteiger partial charge in [-0.15, -0.1) is 0 Å². The van der Waals surface area contributed by atoms with E-state index in [1.165, 1.54) is 0 Å². The number of aryl methyl sites for hydroxylation is 2. The summed E-state index contributed by atoms with van der Waals surface area (Å²) in [4.78, 5) is 27.4. The maximum absolute atomic E-state index is 12.6. The van der Waals surface area contributed by atoms with E-state index in [4.69, 9.17) is 4.74 Å². The highest BCUT2D eigenvalue weighted by molar-refractivity contribution is 9.10. The van der Waals surface area contributed by atoms with Gasteiger partial charge in [0, 0.05) is 11.3 Å². The third-order valence-corrected chi connectivity index (χ3v) is 3.91. The summed E-state index contributed by atoms with van der Waals surface area (Å²) in [5.74, 6) is -0.606. The first-order valence-corrected chi connectivity index (χ1v) is 7.41. The molecule has 2 aromatic rings. The van der Waals surface area contributed by atoms with E-state index in [1.807, 2.05) is 25.1 Å². The lowest BCUT2D eigenvalue weighted by Gasteiger charge is -2.03. The highest BCUT2D eigenvalue weighted by Gasteiger charge is 2.24. The minimum Gasteiger partial charge on any atom is -0.461 e. The summed E-state index contributed by atoms with van der Waals surface area (Å²) >= 11 is 3.34. The molecule has 0 aliphatic rings. The summed E-state index contributed by atoms with van der Waals surface area (Å²) in [6.07, 6.45) is 0. The number of carbonyl (C=O) groups is 2. The van der Waals surface area contributed by atoms with Crippen molar-refractivity contribution in [2.45, 2.75) is 20.8 Å². The van der Waals surface area contributed by atoms with E-state index in [1.54, 1.807) is 19.9 Å². The van der Waals surface area contributed by atoms with E-state index < -0.39 is 5.97 Å². The van der Waals surface area contributed by atoms with Gasteiger partial charge in [0.25, 0.3) is 0 Å². The van der Waals surface area contributed by atoms with Gasteiger partial charge in [0.1, 0.15) is 5.69 Å². The zero-order valence-electron chi connectivity index (χ0n) is 12.1. The average Bonchev–Trinajstić information content (AvgIpc) is 2.73. The van der Waals surface area contributed by atoms with Crippen molar-refractivity contribution in [3.63, 3.8) is 0 Å². The maximum atomic E-state index is 12.6. The van der Waals surface area contributed by atoms with Gasteiger partial charge in [-0.05, 0) is 42.8 Å². The van der Waals surface area contributed by atoms with Crippen LogP contribution in [-0.4, -0.2) is 23.3 Å². The Kier molecular flexibility index (Phi) is 4.63. The molecule has 1 heterocycles. The van der Waals surface area contributed by atoms with Gasteiger partial charge in [-0.3, -0.25) is 4.79 Å². The Bertz CT molecular complexity index is 704. The van der Waals surface area contributed by atoms with E-state index in [9.17, 15) is 9.59 Å². The Labute approximate surface area is 131 Å². The Morgan fingerprint density at radius 1 is 1.29 bits per heavy atom. The number of nitrogens with one attached hydrogen (secondary N) is 1. The van der Waals surface area contributed by atoms with Gasteiger partial charge < -0.3 is 9.72 Å². The number of rotatable bonds is 4. The van der Waals surface area contributed by atoms with Gasteiger partial charge in [0.2, 0.25) is 0 Å². The van der Waals surface area contributed by atoms with Crippen LogP contribution < -0.4 is 0 Å². The van der Waals surface area contributed by atoms with E-state index in [2.05, 4.69) is 20.9 Å². The fraction of sp³-hybridized carbons (Fsp3) is 0.250. The summed E-state index contributed by atoms with van der Waals surface area (Å²) in [7, 11) is 0. The second kappa shape index (κ2) is 6.26. The summed E-state index contributed by atoms with van der Waals surface area (Å²) in [5.41, 5.74) is 2.97. The van der Waals surface area contributed by atoms with Crippen molar-refractivity contribution in [2.75, 3.05) is 6.61 Å². The molecule has 1 aromatic carbocycles. The van der Waals surface area contributed by atoms with Crippen molar-refractivity contribution in [2.24, 2.45) is 0 Å². The number of esters is 1. The monoisotopic (exact) mass is 349 g/mol. The molecule has 0 spiro atoms. The number of carbonyl (C=O) groups excluding carboxylic acids is 2. The first-order valence-electron chi connectivity index (χ1n) is 6.62. The Morgan fingerprint density at radius 3 is 2.62 bits per heavy atom. The summed E-state index contributed by atoms with van der Waals surface area (Å²) in [6.45, 7) is 5.71. The van der Waals surface area contributed by atoms with Crippen LogP contribution >= 0.6 is 15.9 Å². The molecule has 5 heteroatoms. The van der Waals surface area contributed by atoms with Crippen molar-refractivity contribution in [3.8, 4) is 0 Å².